The lowest BCUT2D eigenvalue weighted by Gasteiger charge is -2.06. The summed E-state index contributed by atoms with van der Waals surface area (Å²) in [6.45, 7) is 0. The molecule has 0 aliphatic heterocycles. The van der Waals surface area contributed by atoms with Gasteiger partial charge < -0.3 is 0 Å². The van der Waals surface area contributed by atoms with E-state index >= 15 is 0 Å². The third-order valence-corrected chi connectivity index (χ3v) is 2.83. The lowest BCUT2D eigenvalue weighted by atomic mass is 10.1. The van der Waals surface area contributed by atoms with Crippen LogP contribution in [0.2, 0.25) is 0 Å². The van der Waals surface area contributed by atoms with Crippen LogP contribution in [-0.2, 0) is 5.33 Å². The van der Waals surface area contributed by atoms with Crippen molar-refractivity contribution in [2.75, 3.05) is 0 Å². The molecule has 2 rings (SSSR count). The molecule has 0 aliphatic carbocycles. The largest absolute Gasteiger partial charge is 0.256 e. The highest BCUT2D eigenvalue weighted by Gasteiger charge is 2.10. The first-order chi connectivity index (χ1) is 7.72. The van der Waals surface area contributed by atoms with Crippen LogP contribution in [0.5, 0.6) is 0 Å². The summed E-state index contributed by atoms with van der Waals surface area (Å²) in [6.07, 6.45) is 1.59. The highest BCUT2D eigenvalue weighted by atomic mass is 79.9. The zero-order chi connectivity index (χ0) is 11.5. The summed E-state index contributed by atoms with van der Waals surface area (Å²) in [4.78, 5) is 4.12. The Labute approximate surface area is 100 Å². The van der Waals surface area contributed by atoms with Gasteiger partial charge >= 0.3 is 0 Å². The maximum absolute atomic E-state index is 13.6. The second kappa shape index (κ2) is 4.70. The number of benzene rings is 1. The average Bonchev–Trinajstić information content (AvgIpc) is 2.29. The molecular weight excluding hydrogens is 276 g/mol. The van der Waals surface area contributed by atoms with Crippen LogP contribution in [0.25, 0.3) is 11.3 Å². The molecule has 0 saturated carbocycles. The first kappa shape index (κ1) is 11.2. The summed E-state index contributed by atoms with van der Waals surface area (Å²) in [5.74, 6) is -1.18. The molecule has 82 valence electrons. The van der Waals surface area contributed by atoms with E-state index in [1.165, 1.54) is 12.1 Å². The first-order valence-corrected chi connectivity index (χ1v) is 5.80. The molecule has 1 nitrogen and oxygen atoms in total. The van der Waals surface area contributed by atoms with Crippen molar-refractivity contribution in [2.45, 2.75) is 5.33 Å². The molecule has 4 heteroatoms. The molecule has 0 bridgehead atoms. The third-order valence-electron chi connectivity index (χ3n) is 2.22. The summed E-state index contributed by atoms with van der Waals surface area (Å²) < 4.78 is 26.3. The Kier molecular flexibility index (Phi) is 3.29. The Balaban J connectivity index is 2.58. The summed E-state index contributed by atoms with van der Waals surface area (Å²) in [5.41, 5.74) is 1.72. The Morgan fingerprint density at radius 2 is 2.00 bits per heavy atom. The Morgan fingerprint density at radius 1 is 1.19 bits per heavy atom. The molecule has 0 atom stereocenters. The van der Waals surface area contributed by atoms with Crippen molar-refractivity contribution in [1.29, 1.82) is 0 Å². The van der Waals surface area contributed by atoms with E-state index in [1.54, 1.807) is 12.3 Å². The van der Waals surface area contributed by atoms with Crippen LogP contribution in [0.4, 0.5) is 8.78 Å². The molecule has 0 unspecified atom stereocenters. The highest BCUT2D eigenvalue weighted by molar-refractivity contribution is 9.08. The number of hydrogen-bond donors (Lipinski definition) is 0. The predicted octanol–water partition coefficient (Wildman–Crippen LogP) is 3.92. The number of pyridine rings is 1. The fourth-order valence-corrected chi connectivity index (χ4v) is 1.92. The first-order valence-electron chi connectivity index (χ1n) is 4.67. The van der Waals surface area contributed by atoms with E-state index in [0.29, 0.717) is 16.6 Å². The van der Waals surface area contributed by atoms with Gasteiger partial charge in [0.1, 0.15) is 11.6 Å². The minimum Gasteiger partial charge on any atom is -0.256 e. The fraction of sp³-hybridized carbons (Fsp3) is 0.0833. The summed E-state index contributed by atoms with van der Waals surface area (Å²) in [5, 5.41) is 0.576. The van der Waals surface area contributed by atoms with Crippen molar-refractivity contribution in [3.8, 4) is 11.3 Å². The van der Waals surface area contributed by atoms with E-state index in [9.17, 15) is 8.78 Å². The number of rotatable bonds is 2. The van der Waals surface area contributed by atoms with Gasteiger partial charge in [-0.3, -0.25) is 4.98 Å². The predicted molar refractivity (Wildman–Crippen MR) is 62.2 cm³/mol. The molecule has 16 heavy (non-hydrogen) atoms. The number of hydrogen-bond acceptors (Lipinski definition) is 1. The van der Waals surface area contributed by atoms with Crippen molar-refractivity contribution < 1.29 is 8.78 Å². The minimum absolute atomic E-state index is 0.316. The zero-order valence-corrected chi connectivity index (χ0v) is 9.84. The van der Waals surface area contributed by atoms with Crippen LogP contribution >= 0.6 is 15.9 Å². The highest BCUT2D eigenvalue weighted by Crippen LogP contribution is 2.25. The molecule has 0 N–H and O–H groups in total. The molecular formula is C12H8BrF2N. The quantitative estimate of drug-likeness (QED) is 0.762. The van der Waals surface area contributed by atoms with E-state index in [1.807, 2.05) is 6.07 Å². The van der Waals surface area contributed by atoms with Crippen LogP contribution in [0.1, 0.15) is 5.56 Å². The SMILES string of the molecule is Fc1ccc(-c2ncccc2CBr)c(F)c1. The van der Waals surface area contributed by atoms with Gasteiger partial charge in [-0.2, -0.15) is 0 Å². The molecule has 2 aromatic rings. The van der Waals surface area contributed by atoms with E-state index in [4.69, 9.17) is 0 Å². The zero-order valence-electron chi connectivity index (χ0n) is 8.25. The van der Waals surface area contributed by atoms with Crippen LogP contribution in [0.3, 0.4) is 0 Å². The van der Waals surface area contributed by atoms with E-state index in [-0.39, 0.29) is 0 Å². The minimum atomic E-state index is -0.596. The number of halogens is 3. The second-order valence-electron chi connectivity index (χ2n) is 3.27. The summed E-state index contributed by atoms with van der Waals surface area (Å²) in [7, 11) is 0. The maximum Gasteiger partial charge on any atom is 0.135 e. The van der Waals surface area contributed by atoms with Gasteiger partial charge in [0.2, 0.25) is 0 Å². The molecule has 1 heterocycles. The molecule has 0 aliphatic rings. The van der Waals surface area contributed by atoms with Crippen LogP contribution < -0.4 is 0 Å². The van der Waals surface area contributed by atoms with Crippen molar-refractivity contribution in [3.05, 3.63) is 53.7 Å². The van der Waals surface area contributed by atoms with E-state index < -0.39 is 11.6 Å². The van der Waals surface area contributed by atoms with E-state index in [2.05, 4.69) is 20.9 Å². The topological polar surface area (TPSA) is 12.9 Å². The Bertz CT molecular complexity index is 514. The van der Waals surface area contributed by atoms with Crippen LogP contribution in [-0.4, -0.2) is 4.98 Å². The van der Waals surface area contributed by atoms with Crippen molar-refractivity contribution in [1.82, 2.24) is 4.98 Å². The van der Waals surface area contributed by atoms with Crippen molar-refractivity contribution in [2.24, 2.45) is 0 Å². The number of alkyl halides is 1. The van der Waals surface area contributed by atoms with Crippen LogP contribution in [0.15, 0.2) is 36.5 Å². The Hall–Kier alpha value is -1.29. The third kappa shape index (κ3) is 2.11. The number of aromatic nitrogens is 1. The van der Waals surface area contributed by atoms with Gasteiger partial charge in [0.05, 0.1) is 5.69 Å². The van der Waals surface area contributed by atoms with Crippen molar-refractivity contribution in [3.63, 3.8) is 0 Å². The summed E-state index contributed by atoms with van der Waals surface area (Å²) in [6, 6.07) is 7.12. The van der Waals surface area contributed by atoms with E-state index in [0.717, 1.165) is 11.6 Å². The molecule has 1 aromatic carbocycles. The maximum atomic E-state index is 13.6. The normalized spacial score (nSPS) is 10.4. The molecule has 0 radical (unpaired) electrons. The standard InChI is InChI=1S/C12H8BrF2N/c13-7-8-2-1-5-16-12(8)10-4-3-9(14)6-11(10)15/h1-6H,7H2. The molecule has 0 saturated heterocycles. The monoisotopic (exact) mass is 283 g/mol. The number of nitrogens with zero attached hydrogens (tertiary/aromatic N) is 1. The molecule has 0 fully saturated rings. The smallest absolute Gasteiger partial charge is 0.135 e. The molecule has 1 aromatic heterocycles. The average molecular weight is 284 g/mol. The molecule has 0 amide bonds. The van der Waals surface area contributed by atoms with Gasteiger partial charge in [0.25, 0.3) is 0 Å². The van der Waals surface area contributed by atoms with Gasteiger partial charge in [-0.05, 0) is 23.8 Å². The van der Waals surface area contributed by atoms with Gasteiger partial charge in [-0.1, -0.05) is 22.0 Å². The van der Waals surface area contributed by atoms with Gasteiger partial charge in [-0.15, -0.1) is 0 Å². The van der Waals surface area contributed by atoms with Gasteiger partial charge in [-0.25, -0.2) is 8.78 Å². The van der Waals surface area contributed by atoms with Crippen LogP contribution in [0, 0.1) is 11.6 Å². The lowest BCUT2D eigenvalue weighted by Crippen LogP contribution is -1.93. The second-order valence-corrected chi connectivity index (χ2v) is 3.83. The lowest BCUT2D eigenvalue weighted by molar-refractivity contribution is 0.585. The van der Waals surface area contributed by atoms with Crippen molar-refractivity contribution >= 4 is 15.9 Å². The fourth-order valence-electron chi connectivity index (χ4n) is 1.47. The van der Waals surface area contributed by atoms with Gasteiger partial charge in [0, 0.05) is 23.2 Å². The Morgan fingerprint density at radius 3 is 2.69 bits per heavy atom. The van der Waals surface area contributed by atoms with Gasteiger partial charge in [0.15, 0.2) is 0 Å². The summed E-state index contributed by atoms with van der Waals surface area (Å²) >= 11 is 3.31. The molecule has 0 spiro atoms.